The van der Waals surface area contributed by atoms with Crippen LogP contribution in [0.1, 0.15) is 27.0 Å². The molecular weight excluding hydrogens is 238 g/mol. The maximum atomic E-state index is 12.5. The Morgan fingerprint density at radius 3 is 2.47 bits per heavy atom. The van der Waals surface area contributed by atoms with Crippen LogP contribution in [0.4, 0.5) is 5.69 Å². The summed E-state index contributed by atoms with van der Waals surface area (Å²) >= 11 is 0. The molecule has 19 heavy (non-hydrogen) atoms. The molecular formula is C16H17NO2. The van der Waals surface area contributed by atoms with Gasteiger partial charge in [-0.2, -0.15) is 0 Å². The van der Waals surface area contributed by atoms with E-state index in [1.165, 1.54) is 0 Å². The number of aryl methyl sites for hydroxylation is 2. The average Bonchev–Trinajstić information content (AvgIpc) is 2.40. The number of rotatable bonds is 3. The van der Waals surface area contributed by atoms with Crippen LogP contribution in [0.5, 0.6) is 5.75 Å². The minimum atomic E-state index is -0.0630. The largest absolute Gasteiger partial charge is 0.496 e. The van der Waals surface area contributed by atoms with Crippen molar-refractivity contribution in [3.05, 3.63) is 58.7 Å². The van der Waals surface area contributed by atoms with Crippen LogP contribution in [0.3, 0.4) is 0 Å². The summed E-state index contributed by atoms with van der Waals surface area (Å²) in [5.74, 6) is 0.709. The molecule has 0 atom stereocenters. The van der Waals surface area contributed by atoms with Crippen molar-refractivity contribution in [2.75, 3.05) is 12.8 Å². The Labute approximate surface area is 113 Å². The van der Waals surface area contributed by atoms with Gasteiger partial charge in [0, 0.05) is 16.8 Å². The van der Waals surface area contributed by atoms with E-state index >= 15 is 0 Å². The molecule has 0 radical (unpaired) electrons. The monoisotopic (exact) mass is 255 g/mol. The molecule has 2 N–H and O–H groups in total. The van der Waals surface area contributed by atoms with Gasteiger partial charge < -0.3 is 10.5 Å². The molecule has 0 aliphatic heterocycles. The van der Waals surface area contributed by atoms with Crippen LogP contribution in [0.15, 0.2) is 36.4 Å². The van der Waals surface area contributed by atoms with E-state index in [-0.39, 0.29) is 5.78 Å². The maximum Gasteiger partial charge on any atom is 0.195 e. The second kappa shape index (κ2) is 5.14. The molecule has 98 valence electrons. The number of ether oxygens (including phenoxy) is 1. The summed E-state index contributed by atoms with van der Waals surface area (Å²) in [5.41, 5.74) is 9.49. The maximum absolute atomic E-state index is 12.5. The minimum absolute atomic E-state index is 0.0630. The Morgan fingerprint density at radius 2 is 1.84 bits per heavy atom. The van der Waals surface area contributed by atoms with Crippen LogP contribution < -0.4 is 10.5 Å². The molecule has 0 saturated carbocycles. The Morgan fingerprint density at radius 1 is 1.11 bits per heavy atom. The Balaban J connectivity index is 2.44. The second-order valence-electron chi connectivity index (χ2n) is 4.60. The Kier molecular flexibility index (Phi) is 3.56. The summed E-state index contributed by atoms with van der Waals surface area (Å²) in [4.78, 5) is 12.5. The zero-order chi connectivity index (χ0) is 14.0. The van der Waals surface area contributed by atoms with E-state index in [1.807, 2.05) is 32.0 Å². The highest BCUT2D eigenvalue weighted by atomic mass is 16.5. The Bertz CT molecular complexity index is 633. The summed E-state index contributed by atoms with van der Waals surface area (Å²) in [7, 11) is 1.61. The lowest BCUT2D eigenvalue weighted by Gasteiger charge is -2.09. The van der Waals surface area contributed by atoms with Crippen LogP contribution >= 0.6 is 0 Å². The average molecular weight is 255 g/mol. The van der Waals surface area contributed by atoms with Gasteiger partial charge in [0.05, 0.1) is 7.11 Å². The van der Waals surface area contributed by atoms with Gasteiger partial charge in [-0.3, -0.25) is 4.79 Å². The van der Waals surface area contributed by atoms with Crippen molar-refractivity contribution in [2.24, 2.45) is 0 Å². The second-order valence-corrected chi connectivity index (χ2v) is 4.60. The van der Waals surface area contributed by atoms with Gasteiger partial charge in [0.25, 0.3) is 0 Å². The highest BCUT2D eigenvalue weighted by Gasteiger charge is 2.13. The first-order valence-corrected chi connectivity index (χ1v) is 6.08. The molecule has 0 aromatic heterocycles. The molecule has 3 heteroatoms. The van der Waals surface area contributed by atoms with Gasteiger partial charge in [-0.15, -0.1) is 0 Å². The summed E-state index contributed by atoms with van der Waals surface area (Å²) in [6.45, 7) is 3.85. The van der Waals surface area contributed by atoms with Crippen LogP contribution in [-0.4, -0.2) is 12.9 Å². The van der Waals surface area contributed by atoms with Crippen molar-refractivity contribution in [1.82, 2.24) is 0 Å². The molecule has 0 fully saturated rings. The normalized spacial score (nSPS) is 10.3. The molecule has 0 saturated heterocycles. The van der Waals surface area contributed by atoms with E-state index in [4.69, 9.17) is 10.5 Å². The van der Waals surface area contributed by atoms with Crippen molar-refractivity contribution in [1.29, 1.82) is 0 Å². The summed E-state index contributed by atoms with van der Waals surface area (Å²) in [6, 6.07) is 10.9. The summed E-state index contributed by atoms with van der Waals surface area (Å²) < 4.78 is 5.19. The third-order valence-corrected chi connectivity index (χ3v) is 3.11. The van der Waals surface area contributed by atoms with Crippen LogP contribution in [-0.2, 0) is 0 Å². The highest BCUT2D eigenvalue weighted by molar-refractivity contribution is 6.12. The van der Waals surface area contributed by atoms with Crippen molar-refractivity contribution in [3.63, 3.8) is 0 Å². The first-order valence-electron chi connectivity index (χ1n) is 6.08. The standard InChI is InChI=1S/C16H17NO2/c1-10-4-6-14(17)13(8-10)16(18)12-5-7-15(19-3)11(2)9-12/h4-9H,17H2,1-3H3. The molecule has 2 aromatic carbocycles. The fourth-order valence-electron chi connectivity index (χ4n) is 2.04. The molecule has 0 unspecified atom stereocenters. The van der Waals surface area contributed by atoms with Crippen LogP contribution in [0.2, 0.25) is 0 Å². The predicted molar refractivity (Wildman–Crippen MR) is 76.8 cm³/mol. The fourth-order valence-corrected chi connectivity index (χ4v) is 2.04. The number of carbonyl (C=O) groups is 1. The molecule has 2 aromatic rings. The van der Waals surface area contributed by atoms with E-state index in [1.54, 1.807) is 25.3 Å². The number of ketones is 1. The number of carbonyl (C=O) groups excluding carboxylic acids is 1. The third kappa shape index (κ3) is 2.60. The van der Waals surface area contributed by atoms with E-state index in [9.17, 15) is 4.79 Å². The number of hydrogen-bond acceptors (Lipinski definition) is 3. The Hall–Kier alpha value is -2.29. The summed E-state index contributed by atoms with van der Waals surface area (Å²) in [5, 5.41) is 0. The van der Waals surface area contributed by atoms with E-state index in [0.717, 1.165) is 16.9 Å². The predicted octanol–water partition coefficient (Wildman–Crippen LogP) is 3.13. The number of methoxy groups -OCH3 is 1. The molecule has 3 nitrogen and oxygen atoms in total. The van der Waals surface area contributed by atoms with Crippen molar-refractivity contribution in [3.8, 4) is 5.75 Å². The zero-order valence-corrected chi connectivity index (χ0v) is 11.4. The van der Waals surface area contributed by atoms with Crippen molar-refractivity contribution in [2.45, 2.75) is 13.8 Å². The van der Waals surface area contributed by atoms with Crippen molar-refractivity contribution < 1.29 is 9.53 Å². The molecule has 0 aliphatic rings. The van der Waals surface area contributed by atoms with Crippen LogP contribution in [0, 0.1) is 13.8 Å². The van der Waals surface area contributed by atoms with Gasteiger partial charge >= 0.3 is 0 Å². The lowest BCUT2D eigenvalue weighted by atomic mass is 9.98. The number of nitrogens with two attached hydrogens (primary N) is 1. The molecule has 0 spiro atoms. The number of hydrogen-bond donors (Lipinski definition) is 1. The molecule has 0 bridgehead atoms. The molecule has 0 heterocycles. The number of benzene rings is 2. The summed E-state index contributed by atoms with van der Waals surface area (Å²) in [6.07, 6.45) is 0. The minimum Gasteiger partial charge on any atom is -0.496 e. The van der Waals surface area contributed by atoms with Gasteiger partial charge in [0.1, 0.15) is 5.75 Å². The van der Waals surface area contributed by atoms with Crippen LogP contribution in [0.25, 0.3) is 0 Å². The first-order chi connectivity index (χ1) is 9.02. The van der Waals surface area contributed by atoms with Gasteiger partial charge in [-0.25, -0.2) is 0 Å². The lowest BCUT2D eigenvalue weighted by Crippen LogP contribution is -2.06. The smallest absolute Gasteiger partial charge is 0.195 e. The topological polar surface area (TPSA) is 52.3 Å². The van der Waals surface area contributed by atoms with E-state index < -0.39 is 0 Å². The first kappa shape index (κ1) is 13.1. The third-order valence-electron chi connectivity index (χ3n) is 3.11. The quantitative estimate of drug-likeness (QED) is 0.677. The number of anilines is 1. The SMILES string of the molecule is COc1ccc(C(=O)c2cc(C)ccc2N)cc1C. The van der Waals surface area contributed by atoms with Gasteiger partial charge in [-0.1, -0.05) is 11.6 Å². The van der Waals surface area contributed by atoms with Gasteiger partial charge in [0.15, 0.2) is 5.78 Å². The molecule has 0 aliphatic carbocycles. The molecule has 0 amide bonds. The van der Waals surface area contributed by atoms with E-state index in [2.05, 4.69) is 0 Å². The fraction of sp³-hybridized carbons (Fsp3) is 0.188. The highest BCUT2D eigenvalue weighted by Crippen LogP contribution is 2.23. The molecule has 2 rings (SSSR count). The number of nitrogen functional groups attached to an aromatic ring is 1. The zero-order valence-electron chi connectivity index (χ0n) is 11.4. The lowest BCUT2D eigenvalue weighted by molar-refractivity contribution is 0.103. The van der Waals surface area contributed by atoms with Gasteiger partial charge in [0.2, 0.25) is 0 Å². The van der Waals surface area contributed by atoms with Gasteiger partial charge in [-0.05, 0) is 49.7 Å². The van der Waals surface area contributed by atoms with E-state index in [0.29, 0.717) is 16.8 Å². The van der Waals surface area contributed by atoms with Crippen molar-refractivity contribution >= 4 is 11.5 Å².